The summed E-state index contributed by atoms with van der Waals surface area (Å²) in [5.74, 6) is -0.754. The van der Waals surface area contributed by atoms with Gasteiger partial charge in [-0.15, -0.1) is 11.3 Å². The topological polar surface area (TPSA) is 53.4 Å². The Balaban J connectivity index is 2.66. The third-order valence-electron chi connectivity index (χ3n) is 2.62. The number of rotatable bonds is 6. The highest BCUT2D eigenvalue weighted by molar-refractivity contribution is 7.07. The maximum absolute atomic E-state index is 10.6. The van der Waals surface area contributed by atoms with Crippen molar-refractivity contribution >= 4 is 17.3 Å². The molecule has 0 aliphatic rings. The van der Waals surface area contributed by atoms with Crippen molar-refractivity contribution < 1.29 is 9.90 Å². The normalized spacial score (nSPS) is 13.3. The fraction of sp³-hybridized carbons (Fsp3) is 0.636. The standard InChI is InChI=1S/C11H18N2O2S/c1-8(2)13(5-4-11(14)15)9(3)10-6-16-7-12-10/h6-9H,4-5H2,1-3H3,(H,14,15). The number of carbonyl (C=O) groups is 1. The van der Waals surface area contributed by atoms with Gasteiger partial charge in [-0.05, 0) is 20.8 Å². The molecule has 1 aromatic heterocycles. The minimum absolute atomic E-state index is 0.172. The van der Waals surface area contributed by atoms with Crippen LogP contribution in [-0.4, -0.2) is 33.5 Å². The highest BCUT2D eigenvalue weighted by atomic mass is 32.1. The molecule has 0 spiro atoms. The van der Waals surface area contributed by atoms with Crippen LogP contribution >= 0.6 is 11.3 Å². The molecule has 1 N–H and O–H groups in total. The van der Waals surface area contributed by atoms with Gasteiger partial charge in [0, 0.05) is 18.0 Å². The van der Waals surface area contributed by atoms with Crippen molar-refractivity contribution in [3.05, 3.63) is 16.6 Å². The quantitative estimate of drug-likeness (QED) is 0.832. The largest absolute Gasteiger partial charge is 0.481 e. The molecule has 90 valence electrons. The molecule has 1 atom stereocenters. The summed E-state index contributed by atoms with van der Waals surface area (Å²) in [6, 6.07) is 0.488. The first kappa shape index (κ1) is 13.1. The molecule has 1 aromatic rings. The van der Waals surface area contributed by atoms with Gasteiger partial charge in [0.15, 0.2) is 0 Å². The molecule has 5 heteroatoms. The van der Waals surface area contributed by atoms with E-state index in [-0.39, 0.29) is 12.5 Å². The fourth-order valence-corrected chi connectivity index (χ4v) is 2.36. The van der Waals surface area contributed by atoms with E-state index in [1.807, 2.05) is 10.9 Å². The molecule has 0 bridgehead atoms. The summed E-state index contributed by atoms with van der Waals surface area (Å²) < 4.78 is 0. The lowest BCUT2D eigenvalue weighted by Gasteiger charge is -2.31. The monoisotopic (exact) mass is 242 g/mol. The molecule has 0 amide bonds. The second kappa shape index (κ2) is 5.96. The zero-order chi connectivity index (χ0) is 12.1. The van der Waals surface area contributed by atoms with Crippen molar-refractivity contribution in [1.29, 1.82) is 0 Å². The van der Waals surface area contributed by atoms with Gasteiger partial charge < -0.3 is 5.11 Å². The van der Waals surface area contributed by atoms with Crippen molar-refractivity contribution in [2.75, 3.05) is 6.54 Å². The maximum atomic E-state index is 10.6. The van der Waals surface area contributed by atoms with E-state index in [0.29, 0.717) is 12.6 Å². The molecule has 0 saturated carbocycles. The summed E-state index contributed by atoms with van der Waals surface area (Å²) in [6.45, 7) is 6.78. The number of aliphatic carboxylic acids is 1. The summed E-state index contributed by atoms with van der Waals surface area (Å²) in [4.78, 5) is 17.0. The molecule has 0 aliphatic carbocycles. The molecule has 0 radical (unpaired) electrons. The SMILES string of the molecule is CC(C)N(CCC(=O)O)C(C)c1cscn1. The van der Waals surface area contributed by atoms with Crippen LogP contribution in [0.2, 0.25) is 0 Å². The van der Waals surface area contributed by atoms with Crippen LogP contribution in [0.3, 0.4) is 0 Å². The lowest BCUT2D eigenvalue weighted by atomic mass is 10.1. The highest BCUT2D eigenvalue weighted by Crippen LogP contribution is 2.22. The van der Waals surface area contributed by atoms with E-state index >= 15 is 0 Å². The van der Waals surface area contributed by atoms with E-state index in [4.69, 9.17) is 5.11 Å². The summed E-state index contributed by atoms with van der Waals surface area (Å²) >= 11 is 1.57. The van der Waals surface area contributed by atoms with Crippen molar-refractivity contribution in [2.45, 2.75) is 39.3 Å². The Morgan fingerprint density at radius 2 is 2.25 bits per heavy atom. The number of nitrogens with zero attached hydrogens (tertiary/aromatic N) is 2. The molecule has 1 unspecified atom stereocenters. The molecule has 16 heavy (non-hydrogen) atoms. The first-order valence-electron chi connectivity index (χ1n) is 5.38. The van der Waals surface area contributed by atoms with Crippen LogP contribution in [0.5, 0.6) is 0 Å². The average molecular weight is 242 g/mol. The van der Waals surface area contributed by atoms with Gasteiger partial charge in [0.25, 0.3) is 0 Å². The van der Waals surface area contributed by atoms with Crippen molar-refractivity contribution in [3.63, 3.8) is 0 Å². The molecule has 1 heterocycles. The van der Waals surface area contributed by atoms with Crippen LogP contribution < -0.4 is 0 Å². The fourth-order valence-electron chi connectivity index (χ4n) is 1.72. The summed E-state index contributed by atoms with van der Waals surface area (Å²) in [5.41, 5.74) is 2.82. The van der Waals surface area contributed by atoms with Gasteiger partial charge in [0.2, 0.25) is 0 Å². The predicted molar refractivity (Wildman–Crippen MR) is 64.6 cm³/mol. The second-order valence-electron chi connectivity index (χ2n) is 4.06. The Labute approximate surface area is 99.9 Å². The van der Waals surface area contributed by atoms with Crippen molar-refractivity contribution in [2.24, 2.45) is 0 Å². The number of thiazole rings is 1. The molecule has 0 saturated heterocycles. The van der Waals surface area contributed by atoms with Crippen LogP contribution in [-0.2, 0) is 4.79 Å². The van der Waals surface area contributed by atoms with Crippen LogP contribution in [0.1, 0.15) is 38.9 Å². The van der Waals surface area contributed by atoms with Crippen LogP contribution in [0.15, 0.2) is 10.9 Å². The van der Waals surface area contributed by atoms with E-state index in [2.05, 4.69) is 30.7 Å². The van der Waals surface area contributed by atoms with Crippen LogP contribution in [0.25, 0.3) is 0 Å². The Morgan fingerprint density at radius 1 is 1.56 bits per heavy atom. The lowest BCUT2D eigenvalue weighted by molar-refractivity contribution is -0.137. The number of hydrogen-bond donors (Lipinski definition) is 1. The maximum Gasteiger partial charge on any atom is 0.304 e. The Hall–Kier alpha value is -0.940. The lowest BCUT2D eigenvalue weighted by Crippen LogP contribution is -2.35. The van der Waals surface area contributed by atoms with Gasteiger partial charge in [0.1, 0.15) is 0 Å². The summed E-state index contributed by atoms with van der Waals surface area (Å²) in [5, 5.41) is 10.7. The minimum Gasteiger partial charge on any atom is -0.481 e. The predicted octanol–water partition coefficient (Wildman–Crippen LogP) is 2.39. The summed E-state index contributed by atoms with van der Waals surface area (Å²) in [7, 11) is 0. The van der Waals surface area contributed by atoms with E-state index in [9.17, 15) is 4.79 Å². The van der Waals surface area contributed by atoms with E-state index in [1.54, 1.807) is 11.3 Å². The van der Waals surface area contributed by atoms with E-state index in [0.717, 1.165) is 5.69 Å². The summed E-state index contributed by atoms with van der Waals surface area (Å²) in [6.07, 6.45) is 0.173. The third-order valence-corrected chi connectivity index (χ3v) is 3.23. The average Bonchev–Trinajstić information content (AvgIpc) is 2.69. The van der Waals surface area contributed by atoms with E-state index in [1.165, 1.54) is 0 Å². The minimum atomic E-state index is -0.754. The Bertz CT molecular complexity index is 325. The van der Waals surface area contributed by atoms with Gasteiger partial charge in [0.05, 0.1) is 23.7 Å². The third kappa shape index (κ3) is 3.57. The number of carboxylic acids is 1. The van der Waals surface area contributed by atoms with Gasteiger partial charge in [-0.25, -0.2) is 4.98 Å². The molecule has 0 aliphatic heterocycles. The van der Waals surface area contributed by atoms with Crippen LogP contribution in [0.4, 0.5) is 0 Å². The van der Waals surface area contributed by atoms with Gasteiger partial charge in [-0.3, -0.25) is 9.69 Å². The molecular formula is C11H18N2O2S. The Morgan fingerprint density at radius 3 is 2.69 bits per heavy atom. The number of aromatic nitrogens is 1. The van der Waals surface area contributed by atoms with E-state index < -0.39 is 5.97 Å². The molecule has 0 fully saturated rings. The van der Waals surface area contributed by atoms with Crippen molar-refractivity contribution in [3.8, 4) is 0 Å². The van der Waals surface area contributed by atoms with Crippen molar-refractivity contribution in [1.82, 2.24) is 9.88 Å². The molecule has 0 aromatic carbocycles. The number of carboxylic acid groups (broad SMARTS) is 1. The first-order chi connectivity index (χ1) is 7.52. The van der Waals surface area contributed by atoms with Gasteiger partial charge in [-0.2, -0.15) is 0 Å². The smallest absolute Gasteiger partial charge is 0.304 e. The Kier molecular flexibility index (Phi) is 4.89. The van der Waals surface area contributed by atoms with Crippen LogP contribution in [0, 0.1) is 0 Å². The highest BCUT2D eigenvalue weighted by Gasteiger charge is 2.20. The second-order valence-corrected chi connectivity index (χ2v) is 4.78. The molecule has 1 rings (SSSR count). The molecule has 4 nitrogen and oxygen atoms in total. The first-order valence-corrected chi connectivity index (χ1v) is 6.32. The number of hydrogen-bond acceptors (Lipinski definition) is 4. The van der Waals surface area contributed by atoms with Gasteiger partial charge >= 0.3 is 5.97 Å². The zero-order valence-electron chi connectivity index (χ0n) is 9.88. The molecular weight excluding hydrogens is 224 g/mol. The van der Waals surface area contributed by atoms with Gasteiger partial charge in [-0.1, -0.05) is 0 Å². The zero-order valence-corrected chi connectivity index (χ0v) is 10.7.